The molecule has 0 aliphatic heterocycles. The van der Waals surface area contributed by atoms with Crippen molar-refractivity contribution in [2.45, 2.75) is 6.18 Å². The predicted octanol–water partition coefficient (Wildman–Crippen LogP) is 4.67. The van der Waals surface area contributed by atoms with Crippen molar-refractivity contribution in [1.29, 1.82) is 0 Å². The minimum absolute atomic E-state index is 0.0571. The number of benzene rings is 2. The van der Waals surface area contributed by atoms with Crippen molar-refractivity contribution in [2.75, 3.05) is 5.32 Å². The molecule has 0 radical (unpaired) electrons. The highest BCUT2D eigenvalue weighted by Crippen LogP contribution is 2.31. The number of fused-ring (bicyclic) bond motifs is 1. The largest absolute Gasteiger partial charge is 0.451 e. The zero-order valence-corrected chi connectivity index (χ0v) is 11.3. The fourth-order valence-corrected chi connectivity index (χ4v) is 1.99. The lowest BCUT2D eigenvalue weighted by Gasteiger charge is -2.12. The normalized spacial score (nSPS) is 11.7. The summed E-state index contributed by atoms with van der Waals surface area (Å²) in [6, 6.07) is 8.11. The number of alkyl halides is 3. The minimum Gasteiger partial charge on any atom is -0.340 e. The lowest BCUT2D eigenvalue weighted by molar-refractivity contribution is -0.144. The summed E-state index contributed by atoms with van der Waals surface area (Å²) in [5, 5.41) is 2.71. The molecule has 1 heterocycles. The molecule has 8 heteroatoms. The van der Waals surface area contributed by atoms with Crippen LogP contribution in [0.1, 0.15) is 5.82 Å². The molecule has 23 heavy (non-hydrogen) atoms. The molecule has 0 aliphatic rings. The van der Waals surface area contributed by atoms with Gasteiger partial charge in [0.1, 0.15) is 17.5 Å². The van der Waals surface area contributed by atoms with Gasteiger partial charge >= 0.3 is 6.18 Å². The zero-order valence-electron chi connectivity index (χ0n) is 11.3. The van der Waals surface area contributed by atoms with Crippen LogP contribution >= 0.6 is 0 Å². The number of aromatic nitrogens is 2. The van der Waals surface area contributed by atoms with Crippen LogP contribution in [0.4, 0.5) is 33.5 Å². The second-order valence-electron chi connectivity index (χ2n) is 4.69. The molecule has 0 bridgehead atoms. The van der Waals surface area contributed by atoms with Crippen molar-refractivity contribution in [2.24, 2.45) is 0 Å². The first-order valence-electron chi connectivity index (χ1n) is 6.40. The number of halogens is 5. The van der Waals surface area contributed by atoms with Crippen LogP contribution in [0, 0.1) is 11.6 Å². The molecular weight excluding hydrogens is 317 g/mol. The monoisotopic (exact) mass is 325 g/mol. The van der Waals surface area contributed by atoms with E-state index in [9.17, 15) is 22.0 Å². The molecule has 1 aromatic heterocycles. The van der Waals surface area contributed by atoms with Crippen LogP contribution in [-0.2, 0) is 6.18 Å². The Morgan fingerprint density at radius 2 is 1.48 bits per heavy atom. The lowest BCUT2D eigenvalue weighted by atomic mass is 10.2. The van der Waals surface area contributed by atoms with Gasteiger partial charge in [0.15, 0.2) is 0 Å². The molecule has 0 amide bonds. The standard InChI is InChI=1S/C15H8F5N3/c16-8-1-4-10(5-2-8)21-13-11-7-9(17)3-6-12(11)22-14(23-13)15(18,19)20/h1-7H,(H,21,22,23). The number of anilines is 2. The lowest BCUT2D eigenvalue weighted by Crippen LogP contribution is -2.12. The highest BCUT2D eigenvalue weighted by Gasteiger charge is 2.35. The predicted molar refractivity (Wildman–Crippen MR) is 74.2 cm³/mol. The van der Waals surface area contributed by atoms with Gasteiger partial charge in [0.2, 0.25) is 5.82 Å². The number of hydrogen-bond donors (Lipinski definition) is 1. The molecular formula is C15H8F5N3. The van der Waals surface area contributed by atoms with E-state index >= 15 is 0 Å². The van der Waals surface area contributed by atoms with Gasteiger partial charge in [0, 0.05) is 11.1 Å². The van der Waals surface area contributed by atoms with Gasteiger partial charge in [-0.25, -0.2) is 18.7 Å². The van der Waals surface area contributed by atoms with E-state index in [4.69, 9.17) is 0 Å². The van der Waals surface area contributed by atoms with Crippen LogP contribution in [0.2, 0.25) is 0 Å². The van der Waals surface area contributed by atoms with Crippen molar-refractivity contribution >= 4 is 22.4 Å². The first-order chi connectivity index (χ1) is 10.8. The molecule has 2 aromatic carbocycles. The smallest absolute Gasteiger partial charge is 0.340 e. The van der Waals surface area contributed by atoms with E-state index < -0.39 is 23.6 Å². The van der Waals surface area contributed by atoms with Gasteiger partial charge < -0.3 is 5.32 Å². The quantitative estimate of drug-likeness (QED) is 0.696. The third kappa shape index (κ3) is 3.20. The Balaban J connectivity index is 2.15. The average Bonchev–Trinajstić information content (AvgIpc) is 2.49. The summed E-state index contributed by atoms with van der Waals surface area (Å²) >= 11 is 0. The van der Waals surface area contributed by atoms with Gasteiger partial charge in [-0.3, -0.25) is 0 Å². The van der Waals surface area contributed by atoms with Crippen LogP contribution in [0.25, 0.3) is 10.9 Å². The summed E-state index contributed by atoms with van der Waals surface area (Å²) in [6.45, 7) is 0. The Bertz CT molecular complexity index is 859. The van der Waals surface area contributed by atoms with Crippen molar-refractivity contribution in [3.63, 3.8) is 0 Å². The minimum atomic E-state index is -4.75. The maximum atomic E-state index is 13.4. The number of nitrogens with zero attached hydrogens (tertiary/aromatic N) is 2. The van der Waals surface area contributed by atoms with Crippen LogP contribution in [-0.4, -0.2) is 9.97 Å². The summed E-state index contributed by atoms with van der Waals surface area (Å²) in [4.78, 5) is 6.82. The molecule has 0 spiro atoms. The van der Waals surface area contributed by atoms with Crippen LogP contribution in [0.3, 0.4) is 0 Å². The van der Waals surface area contributed by atoms with Crippen molar-refractivity contribution in [1.82, 2.24) is 9.97 Å². The third-order valence-electron chi connectivity index (χ3n) is 3.02. The molecule has 0 saturated heterocycles. The van der Waals surface area contributed by atoms with Gasteiger partial charge in [-0.1, -0.05) is 0 Å². The van der Waals surface area contributed by atoms with Crippen LogP contribution in [0.15, 0.2) is 42.5 Å². The first-order valence-corrected chi connectivity index (χ1v) is 6.40. The fourth-order valence-electron chi connectivity index (χ4n) is 1.99. The maximum Gasteiger partial charge on any atom is 0.451 e. The van der Waals surface area contributed by atoms with Gasteiger partial charge in [-0.15, -0.1) is 0 Å². The number of hydrogen-bond acceptors (Lipinski definition) is 3. The van der Waals surface area contributed by atoms with E-state index in [1.54, 1.807) is 0 Å². The highest BCUT2D eigenvalue weighted by molar-refractivity contribution is 5.90. The Morgan fingerprint density at radius 3 is 2.13 bits per heavy atom. The molecule has 0 aliphatic carbocycles. The van der Waals surface area contributed by atoms with Crippen molar-refractivity contribution in [3.8, 4) is 0 Å². The molecule has 0 saturated carbocycles. The molecule has 3 rings (SSSR count). The van der Waals surface area contributed by atoms with Crippen molar-refractivity contribution < 1.29 is 22.0 Å². The maximum absolute atomic E-state index is 13.4. The van der Waals surface area contributed by atoms with Crippen LogP contribution < -0.4 is 5.32 Å². The molecule has 0 fully saturated rings. The van der Waals surface area contributed by atoms with E-state index in [1.165, 1.54) is 12.1 Å². The number of nitrogens with one attached hydrogen (secondary N) is 1. The second-order valence-corrected chi connectivity index (χ2v) is 4.69. The highest BCUT2D eigenvalue weighted by atomic mass is 19.4. The topological polar surface area (TPSA) is 37.8 Å². The van der Waals surface area contributed by atoms with E-state index in [-0.39, 0.29) is 16.7 Å². The molecule has 3 nitrogen and oxygen atoms in total. The molecule has 0 unspecified atom stereocenters. The Kier molecular flexibility index (Phi) is 3.59. The molecule has 3 aromatic rings. The Hall–Kier alpha value is -2.77. The Morgan fingerprint density at radius 1 is 0.826 bits per heavy atom. The summed E-state index contributed by atoms with van der Waals surface area (Å²) in [6.07, 6.45) is -4.75. The van der Waals surface area contributed by atoms with Crippen LogP contribution in [0.5, 0.6) is 0 Å². The van der Waals surface area contributed by atoms with E-state index in [2.05, 4.69) is 15.3 Å². The zero-order chi connectivity index (χ0) is 16.6. The van der Waals surface area contributed by atoms with Gasteiger partial charge in [0.25, 0.3) is 0 Å². The number of rotatable bonds is 2. The summed E-state index contributed by atoms with van der Waals surface area (Å²) in [5.41, 5.74) is 0.252. The van der Waals surface area contributed by atoms with Gasteiger partial charge in [0.05, 0.1) is 5.52 Å². The van der Waals surface area contributed by atoms with Gasteiger partial charge in [-0.05, 0) is 42.5 Å². The van der Waals surface area contributed by atoms with E-state index in [0.717, 1.165) is 30.3 Å². The fraction of sp³-hybridized carbons (Fsp3) is 0.0667. The summed E-state index contributed by atoms with van der Waals surface area (Å²) in [7, 11) is 0. The SMILES string of the molecule is Fc1ccc(Nc2nc(C(F)(F)F)nc3ccc(F)cc23)cc1. The molecule has 0 atom stereocenters. The van der Waals surface area contributed by atoms with E-state index in [0.29, 0.717) is 5.69 Å². The van der Waals surface area contributed by atoms with E-state index in [1.807, 2.05) is 0 Å². The molecule has 1 N–H and O–H groups in total. The van der Waals surface area contributed by atoms with Gasteiger partial charge in [-0.2, -0.15) is 13.2 Å². The van der Waals surface area contributed by atoms with Crippen molar-refractivity contribution in [3.05, 3.63) is 59.9 Å². The first kappa shape index (κ1) is 15.1. The summed E-state index contributed by atoms with van der Waals surface area (Å²) < 4.78 is 65.0. The second kappa shape index (κ2) is 5.45. The molecule has 118 valence electrons. The summed E-state index contributed by atoms with van der Waals surface area (Å²) in [5.74, 6) is -2.69. The third-order valence-corrected chi connectivity index (χ3v) is 3.02. The Labute approximate surface area is 126 Å². The average molecular weight is 325 g/mol.